The van der Waals surface area contributed by atoms with Crippen molar-refractivity contribution in [1.29, 1.82) is 5.26 Å². The maximum atomic E-state index is 11.4. The Bertz CT molecular complexity index is 539. The Kier molecular flexibility index (Phi) is 6.85. The Morgan fingerprint density at radius 2 is 2.17 bits per heavy atom. The largest absolute Gasteiger partial charge is 0.491 e. The summed E-state index contributed by atoms with van der Waals surface area (Å²) in [5.41, 5.74) is 0.586. The van der Waals surface area contributed by atoms with Crippen LogP contribution in [0.1, 0.15) is 24.8 Å². The molecular weight excluding hydrogens is 294 g/mol. The molecule has 1 aliphatic rings. The molecule has 3 N–H and O–H groups in total. The lowest BCUT2D eigenvalue weighted by atomic mass is 10.2. The predicted molar refractivity (Wildman–Crippen MR) is 84.7 cm³/mol. The number of nitriles is 1. The molecule has 0 spiro atoms. The van der Waals surface area contributed by atoms with Crippen LogP contribution in [0, 0.1) is 11.3 Å². The van der Waals surface area contributed by atoms with Gasteiger partial charge < -0.3 is 20.1 Å². The van der Waals surface area contributed by atoms with Crippen LogP contribution in [0.3, 0.4) is 0 Å². The van der Waals surface area contributed by atoms with Crippen molar-refractivity contribution in [3.05, 3.63) is 29.8 Å². The highest BCUT2D eigenvalue weighted by Crippen LogP contribution is 2.11. The van der Waals surface area contributed by atoms with E-state index >= 15 is 0 Å². The molecule has 0 saturated carbocycles. The number of quaternary nitrogens is 1. The summed E-state index contributed by atoms with van der Waals surface area (Å²) < 4.78 is 5.49. The van der Waals surface area contributed by atoms with Crippen LogP contribution in [0.5, 0.6) is 5.75 Å². The molecule has 0 unspecified atom stereocenters. The van der Waals surface area contributed by atoms with Crippen molar-refractivity contribution >= 4 is 5.91 Å². The zero-order chi connectivity index (χ0) is 16.5. The highest BCUT2D eigenvalue weighted by atomic mass is 16.5. The molecule has 1 fully saturated rings. The number of nitrogens with two attached hydrogens (primary N) is 1. The summed E-state index contributed by atoms with van der Waals surface area (Å²) in [5, 5.41) is 20.7. The first-order valence-electron chi connectivity index (χ1n) is 8.09. The molecule has 1 amide bonds. The summed E-state index contributed by atoms with van der Waals surface area (Å²) in [4.78, 5) is 13.4. The Labute approximate surface area is 136 Å². The van der Waals surface area contributed by atoms with Crippen molar-refractivity contribution in [2.24, 2.45) is 0 Å². The van der Waals surface area contributed by atoms with Crippen LogP contribution in [0.4, 0.5) is 0 Å². The topological polar surface area (TPSA) is 90.2 Å². The first kappa shape index (κ1) is 17.3. The van der Waals surface area contributed by atoms with Gasteiger partial charge in [0.15, 0.2) is 0 Å². The average Bonchev–Trinajstić information content (AvgIpc) is 2.98. The van der Waals surface area contributed by atoms with Crippen molar-refractivity contribution in [3.63, 3.8) is 0 Å². The zero-order valence-corrected chi connectivity index (χ0v) is 13.3. The molecule has 1 saturated heterocycles. The summed E-state index contributed by atoms with van der Waals surface area (Å²) >= 11 is 0. The van der Waals surface area contributed by atoms with Gasteiger partial charge in [0.2, 0.25) is 5.91 Å². The van der Waals surface area contributed by atoms with Crippen LogP contribution in [0.2, 0.25) is 0 Å². The number of benzene rings is 1. The van der Waals surface area contributed by atoms with Gasteiger partial charge in [0.25, 0.3) is 0 Å². The molecule has 0 radical (unpaired) electrons. The van der Waals surface area contributed by atoms with Gasteiger partial charge in [-0.3, -0.25) is 4.79 Å². The lowest BCUT2D eigenvalue weighted by Gasteiger charge is -2.15. The molecule has 0 aliphatic carbocycles. The second-order valence-corrected chi connectivity index (χ2v) is 5.75. The smallest absolute Gasteiger partial charge is 0.222 e. The SMILES string of the molecule is N#Cc1ccc(OC[C@@H](O)C[NH2+]CCCN2CCCC2=O)cc1. The maximum Gasteiger partial charge on any atom is 0.222 e. The minimum absolute atomic E-state index is 0.229. The Morgan fingerprint density at radius 3 is 2.83 bits per heavy atom. The van der Waals surface area contributed by atoms with Crippen LogP contribution in [0.15, 0.2) is 24.3 Å². The molecule has 1 aromatic rings. The third kappa shape index (κ3) is 5.89. The van der Waals surface area contributed by atoms with E-state index in [1.165, 1.54) is 0 Å². The number of hydrogen-bond acceptors (Lipinski definition) is 4. The lowest BCUT2D eigenvalue weighted by molar-refractivity contribution is -0.661. The highest BCUT2D eigenvalue weighted by molar-refractivity contribution is 5.77. The van der Waals surface area contributed by atoms with Gasteiger partial charge in [-0.2, -0.15) is 5.26 Å². The molecule has 23 heavy (non-hydrogen) atoms. The summed E-state index contributed by atoms with van der Waals surface area (Å²) in [7, 11) is 0. The average molecular weight is 318 g/mol. The van der Waals surface area contributed by atoms with E-state index in [4.69, 9.17) is 10.00 Å². The predicted octanol–water partition coefficient (Wildman–Crippen LogP) is -0.126. The molecule has 1 atom stereocenters. The summed E-state index contributed by atoms with van der Waals surface area (Å²) in [6.07, 6.45) is 2.07. The number of ether oxygens (including phenoxy) is 1. The molecule has 1 aliphatic heterocycles. The van der Waals surface area contributed by atoms with E-state index in [1.807, 2.05) is 16.3 Å². The van der Waals surface area contributed by atoms with Gasteiger partial charge in [-0.05, 0) is 30.7 Å². The first-order chi connectivity index (χ1) is 11.2. The van der Waals surface area contributed by atoms with E-state index in [1.54, 1.807) is 24.3 Å². The number of carbonyl (C=O) groups is 1. The standard InChI is InChI=1S/C17H23N3O3/c18-11-14-4-6-16(7-5-14)23-13-15(21)12-19-8-2-10-20-9-1-3-17(20)22/h4-7,15,19,21H,1-3,8-10,12-13H2/p+1/t15-/m0/s1. The fourth-order valence-electron chi connectivity index (χ4n) is 2.56. The molecular formula is C17H24N3O3+. The zero-order valence-electron chi connectivity index (χ0n) is 13.3. The van der Waals surface area contributed by atoms with Crippen molar-refractivity contribution in [2.45, 2.75) is 25.4 Å². The van der Waals surface area contributed by atoms with Crippen LogP contribution in [0.25, 0.3) is 0 Å². The van der Waals surface area contributed by atoms with E-state index in [0.29, 0.717) is 24.3 Å². The van der Waals surface area contributed by atoms with E-state index in [2.05, 4.69) is 0 Å². The summed E-state index contributed by atoms with van der Waals surface area (Å²) in [6.45, 7) is 3.39. The number of aliphatic hydroxyl groups excluding tert-OH is 1. The van der Waals surface area contributed by atoms with Crippen molar-refractivity contribution < 1.29 is 20.0 Å². The minimum Gasteiger partial charge on any atom is -0.491 e. The van der Waals surface area contributed by atoms with E-state index in [9.17, 15) is 9.90 Å². The molecule has 124 valence electrons. The second-order valence-electron chi connectivity index (χ2n) is 5.75. The second kappa shape index (κ2) is 9.13. The molecule has 0 aromatic heterocycles. The molecule has 1 aromatic carbocycles. The summed E-state index contributed by atoms with van der Waals surface area (Å²) in [6, 6.07) is 8.87. The van der Waals surface area contributed by atoms with E-state index in [0.717, 1.165) is 32.5 Å². The van der Waals surface area contributed by atoms with Gasteiger partial charge in [0.05, 0.1) is 18.2 Å². The molecule has 0 bridgehead atoms. The van der Waals surface area contributed by atoms with E-state index < -0.39 is 6.10 Å². The fraction of sp³-hybridized carbons (Fsp3) is 0.529. The first-order valence-corrected chi connectivity index (χ1v) is 8.09. The normalized spacial score (nSPS) is 15.5. The number of hydrogen-bond donors (Lipinski definition) is 2. The monoisotopic (exact) mass is 318 g/mol. The highest BCUT2D eigenvalue weighted by Gasteiger charge is 2.19. The summed E-state index contributed by atoms with van der Waals surface area (Å²) in [5.74, 6) is 0.913. The maximum absolute atomic E-state index is 11.4. The number of aliphatic hydroxyl groups is 1. The Morgan fingerprint density at radius 1 is 1.39 bits per heavy atom. The van der Waals surface area contributed by atoms with Gasteiger partial charge in [0, 0.05) is 25.9 Å². The number of carbonyl (C=O) groups excluding carboxylic acids is 1. The van der Waals surface area contributed by atoms with Gasteiger partial charge in [-0.1, -0.05) is 0 Å². The Hall–Kier alpha value is -2.10. The Balaban J connectivity index is 1.53. The minimum atomic E-state index is -0.543. The van der Waals surface area contributed by atoms with Gasteiger partial charge >= 0.3 is 0 Å². The van der Waals surface area contributed by atoms with Crippen molar-refractivity contribution in [1.82, 2.24) is 4.90 Å². The molecule has 6 nitrogen and oxygen atoms in total. The third-order valence-electron chi connectivity index (χ3n) is 3.87. The van der Waals surface area contributed by atoms with Gasteiger partial charge in [-0.25, -0.2) is 0 Å². The van der Waals surface area contributed by atoms with Crippen molar-refractivity contribution in [2.75, 3.05) is 32.8 Å². The number of nitrogens with zero attached hydrogens (tertiary/aromatic N) is 2. The third-order valence-corrected chi connectivity index (χ3v) is 3.87. The number of amides is 1. The fourth-order valence-corrected chi connectivity index (χ4v) is 2.56. The van der Waals surface area contributed by atoms with Gasteiger partial charge in [0.1, 0.15) is 25.0 Å². The quantitative estimate of drug-likeness (QED) is 0.621. The van der Waals surface area contributed by atoms with Crippen LogP contribution in [-0.2, 0) is 4.79 Å². The number of rotatable bonds is 9. The molecule has 2 rings (SSSR count). The van der Waals surface area contributed by atoms with Crippen molar-refractivity contribution in [3.8, 4) is 11.8 Å². The molecule has 6 heteroatoms. The van der Waals surface area contributed by atoms with Crippen LogP contribution >= 0.6 is 0 Å². The lowest BCUT2D eigenvalue weighted by Crippen LogP contribution is -2.86. The molecule has 1 heterocycles. The van der Waals surface area contributed by atoms with Crippen LogP contribution in [-0.4, -0.2) is 54.8 Å². The van der Waals surface area contributed by atoms with E-state index in [-0.39, 0.29) is 12.5 Å². The number of likely N-dealkylation sites (tertiary alicyclic amines) is 1. The van der Waals surface area contributed by atoms with Gasteiger partial charge in [-0.15, -0.1) is 0 Å². The van der Waals surface area contributed by atoms with Crippen LogP contribution < -0.4 is 10.1 Å².